The van der Waals surface area contributed by atoms with Crippen LogP contribution in [-0.2, 0) is 4.79 Å². The van der Waals surface area contributed by atoms with Gasteiger partial charge in [0.05, 0.1) is 18.4 Å². The van der Waals surface area contributed by atoms with Gasteiger partial charge < -0.3 is 19.4 Å². The molecule has 2 aliphatic rings. The summed E-state index contributed by atoms with van der Waals surface area (Å²) in [5.74, 6) is 0.202. The lowest BCUT2D eigenvalue weighted by Gasteiger charge is -2.33. The van der Waals surface area contributed by atoms with Gasteiger partial charge in [-0.1, -0.05) is 23.7 Å². The Balaban J connectivity index is 1.28. The van der Waals surface area contributed by atoms with Crippen LogP contribution in [0.2, 0.25) is 5.02 Å². The number of ether oxygens (including phenoxy) is 1. The molecule has 206 valence electrons. The number of likely N-dealkylation sites (N-methyl/N-ethyl adjacent to an activating group) is 1. The van der Waals surface area contributed by atoms with Gasteiger partial charge in [0.1, 0.15) is 23.5 Å². The number of halogens is 2. The Morgan fingerprint density at radius 1 is 1.07 bits per heavy atom. The van der Waals surface area contributed by atoms with Gasteiger partial charge in [0.2, 0.25) is 5.91 Å². The van der Waals surface area contributed by atoms with E-state index in [1.807, 2.05) is 28.0 Å². The number of carbonyl (C=O) groups excluding carboxylic acids is 2. The number of carbonyl (C=O) groups is 2. The average molecular weight is 563 g/mol. The summed E-state index contributed by atoms with van der Waals surface area (Å²) < 4.78 is 18.8. The first-order valence-electron chi connectivity index (χ1n) is 13.0. The van der Waals surface area contributed by atoms with Crippen LogP contribution in [0.3, 0.4) is 0 Å². The SMILES string of the molecule is CN(C(=O)Oc1ccc(F)cc1)C1CN(C(=O)C2CCN(c3cncc(C#N)n3)CC2)CC1c1ccc(Cl)cc1. The number of benzene rings is 2. The molecule has 0 N–H and O–H groups in total. The van der Waals surface area contributed by atoms with Crippen LogP contribution in [-0.4, -0.2) is 71.0 Å². The van der Waals surface area contributed by atoms with Crippen LogP contribution in [0.15, 0.2) is 60.9 Å². The van der Waals surface area contributed by atoms with Gasteiger partial charge >= 0.3 is 6.09 Å². The number of hydrogen-bond donors (Lipinski definition) is 0. The van der Waals surface area contributed by atoms with Crippen LogP contribution in [0.25, 0.3) is 0 Å². The Morgan fingerprint density at radius 3 is 2.45 bits per heavy atom. The summed E-state index contributed by atoms with van der Waals surface area (Å²) in [5.41, 5.74) is 1.23. The van der Waals surface area contributed by atoms with Gasteiger partial charge in [-0.05, 0) is 54.8 Å². The molecule has 5 rings (SSSR count). The molecule has 0 saturated carbocycles. The van der Waals surface area contributed by atoms with Gasteiger partial charge in [-0.25, -0.2) is 14.2 Å². The summed E-state index contributed by atoms with van der Waals surface area (Å²) in [5, 5.41) is 9.72. The second-order valence-electron chi connectivity index (χ2n) is 10.0. The lowest BCUT2D eigenvalue weighted by atomic mass is 9.93. The van der Waals surface area contributed by atoms with Crippen molar-refractivity contribution in [2.24, 2.45) is 5.92 Å². The molecule has 0 aliphatic carbocycles. The van der Waals surface area contributed by atoms with Gasteiger partial charge in [-0.2, -0.15) is 5.26 Å². The molecule has 2 aliphatic heterocycles. The first-order valence-corrected chi connectivity index (χ1v) is 13.4. The highest BCUT2D eigenvalue weighted by Gasteiger charge is 2.42. The van der Waals surface area contributed by atoms with Crippen molar-refractivity contribution in [2.75, 3.05) is 38.1 Å². The molecule has 2 atom stereocenters. The van der Waals surface area contributed by atoms with Crippen molar-refractivity contribution in [1.82, 2.24) is 19.8 Å². The number of piperidine rings is 1. The standard InChI is InChI=1S/C29H28ClFN6O3/c1-35(29(39)40-24-8-6-22(31)7-9-24)26-18-37(17-25(26)19-2-4-21(30)5-3-19)28(38)20-10-12-36(13-11-20)27-16-33-15-23(14-32)34-27/h2-9,15-16,20,25-26H,10-13,17-18H2,1H3. The molecule has 40 heavy (non-hydrogen) atoms. The van der Waals surface area contributed by atoms with Crippen molar-refractivity contribution in [1.29, 1.82) is 5.26 Å². The third-order valence-electron chi connectivity index (χ3n) is 7.61. The number of nitrogens with zero attached hydrogens (tertiary/aromatic N) is 6. The molecule has 11 heteroatoms. The van der Waals surface area contributed by atoms with E-state index in [2.05, 4.69) is 9.97 Å². The molecule has 3 heterocycles. The minimum atomic E-state index is -0.584. The van der Waals surface area contributed by atoms with E-state index >= 15 is 0 Å². The highest BCUT2D eigenvalue weighted by Crippen LogP contribution is 2.34. The van der Waals surface area contributed by atoms with E-state index in [-0.39, 0.29) is 35.2 Å². The summed E-state index contributed by atoms with van der Waals surface area (Å²) in [6, 6.07) is 14.4. The molecule has 0 radical (unpaired) electrons. The summed E-state index contributed by atoms with van der Waals surface area (Å²) in [6.07, 6.45) is 3.76. The molecular formula is C29H28ClFN6O3. The highest BCUT2D eigenvalue weighted by atomic mass is 35.5. The number of rotatable bonds is 5. The zero-order valence-electron chi connectivity index (χ0n) is 21.9. The van der Waals surface area contributed by atoms with E-state index < -0.39 is 11.9 Å². The maximum absolute atomic E-state index is 13.7. The number of nitriles is 1. The van der Waals surface area contributed by atoms with Crippen molar-refractivity contribution in [3.63, 3.8) is 0 Å². The van der Waals surface area contributed by atoms with E-state index in [9.17, 15) is 14.0 Å². The van der Waals surface area contributed by atoms with E-state index in [1.165, 1.54) is 35.4 Å². The van der Waals surface area contributed by atoms with Crippen LogP contribution in [0.1, 0.15) is 30.0 Å². The molecular weight excluding hydrogens is 535 g/mol. The lowest BCUT2D eigenvalue weighted by molar-refractivity contribution is -0.135. The summed E-state index contributed by atoms with van der Waals surface area (Å²) in [7, 11) is 1.66. The number of aromatic nitrogens is 2. The maximum Gasteiger partial charge on any atom is 0.415 e. The Morgan fingerprint density at radius 2 is 1.77 bits per heavy atom. The van der Waals surface area contributed by atoms with Crippen molar-refractivity contribution < 1.29 is 18.7 Å². The molecule has 0 bridgehead atoms. The van der Waals surface area contributed by atoms with Gasteiger partial charge in [0, 0.05) is 50.1 Å². The third-order valence-corrected chi connectivity index (χ3v) is 7.86. The highest BCUT2D eigenvalue weighted by molar-refractivity contribution is 6.30. The van der Waals surface area contributed by atoms with E-state index in [1.54, 1.807) is 25.4 Å². The quantitative estimate of drug-likeness (QED) is 0.451. The monoisotopic (exact) mass is 562 g/mol. The van der Waals surface area contributed by atoms with Crippen molar-refractivity contribution in [3.8, 4) is 11.8 Å². The van der Waals surface area contributed by atoms with Gasteiger partial charge in [0.25, 0.3) is 0 Å². The number of likely N-dealkylation sites (tertiary alicyclic amines) is 1. The second-order valence-corrected chi connectivity index (χ2v) is 10.5. The molecule has 2 saturated heterocycles. The fourth-order valence-corrected chi connectivity index (χ4v) is 5.51. The van der Waals surface area contributed by atoms with Crippen LogP contribution in [0, 0.1) is 23.1 Å². The first-order chi connectivity index (χ1) is 19.3. The predicted molar refractivity (Wildman–Crippen MR) is 146 cm³/mol. The minimum Gasteiger partial charge on any atom is -0.410 e. The number of amides is 2. The van der Waals surface area contributed by atoms with Crippen molar-refractivity contribution >= 4 is 29.4 Å². The Hall–Kier alpha value is -4.23. The predicted octanol–water partition coefficient (Wildman–Crippen LogP) is 4.48. The summed E-state index contributed by atoms with van der Waals surface area (Å²) >= 11 is 6.12. The molecule has 2 amide bonds. The maximum atomic E-state index is 13.7. The second kappa shape index (κ2) is 11.9. The first kappa shape index (κ1) is 27.3. The zero-order valence-corrected chi connectivity index (χ0v) is 22.7. The van der Waals surface area contributed by atoms with Crippen LogP contribution < -0.4 is 9.64 Å². The molecule has 2 fully saturated rings. The van der Waals surface area contributed by atoms with Crippen LogP contribution in [0.4, 0.5) is 15.0 Å². The Labute approximate surface area is 236 Å². The third kappa shape index (κ3) is 6.00. The van der Waals surface area contributed by atoms with Gasteiger partial charge in [-0.3, -0.25) is 9.78 Å². The molecule has 3 aromatic rings. The molecule has 2 aromatic carbocycles. The largest absolute Gasteiger partial charge is 0.415 e. The van der Waals surface area contributed by atoms with Gasteiger partial charge in [-0.15, -0.1) is 0 Å². The summed E-state index contributed by atoms with van der Waals surface area (Å²) in [6.45, 7) is 2.07. The van der Waals surface area contributed by atoms with E-state index in [0.29, 0.717) is 49.9 Å². The normalized spacial score (nSPS) is 19.2. The van der Waals surface area contributed by atoms with Gasteiger partial charge in [0.15, 0.2) is 5.69 Å². The fraction of sp³-hybridized carbons (Fsp3) is 0.345. The number of hydrogen-bond acceptors (Lipinski definition) is 7. The molecule has 9 nitrogen and oxygen atoms in total. The van der Waals surface area contributed by atoms with Crippen LogP contribution in [0.5, 0.6) is 5.75 Å². The Bertz CT molecular complexity index is 1410. The van der Waals surface area contributed by atoms with E-state index in [0.717, 1.165) is 5.56 Å². The minimum absolute atomic E-state index is 0.0540. The number of anilines is 1. The molecule has 0 spiro atoms. The lowest BCUT2D eigenvalue weighted by Crippen LogP contribution is -2.45. The fourth-order valence-electron chi connectivity index (χ4n) is 5.38. The Kier molecular flexibility index (Phi) is 8.12. The smallest absolute Gasteiger partial charge is 0.410 e. The van der Waals surface area contributed by atoms with Crippen molar-refractivity contribution in [2.45, 2.75) is 24.8 Å². The molecule has 1 aromatic heterocycles. The molecule has 2 unspecified atom stereocenters. The zero-order chi connectivity index (χ0) is 28.2. The average Bonchev–Trinajstić information content (AvgIpc) is 3.43. The van der Waals surface area contributed by atoms with E-state index in [4.69, 9.17) is 21.6 Å². The van der Waals surface area contributed by atoms with Crippen LogP contribution >= 0.6 is 11.6 Å². The summed E-state index contributed by atoms with van der Waals surface area (Å²) in [4.78, 5) is 40.5. The van der Waals surface area contributed by atoms with Crippen molar-refractivity contribution in [3.05, 3.63) is 83.0 Å². The topological polar surface area (TPSA) is 103 Å².